The van der Waals surface area contributed by atoms with Gasteiger partial charge in [-0.2, -0.15) is 0 Å². The monoisotopic (exact) mass is 356 g/mol. The van der Waals surface area contributed by atoms with Gasteiger partial charge in [0.1, 0.15) is 5.75 Å². The topological polar surface area (TPSA) is 85.2 Å². The Morgan fingerprint density at radius 2 is 1.88 bits per heavy atom. The smallest absolute Gasteiger partial charge is 0.287 e. The predicted octanol–water partition coefficient (Wildman–Crippen LogP) is 2.62. The molecule has 1 aliphatic rings. The van der Waals surface area contributed by atoms with Crippen molar-refractivity contribution in [1.82, 2.24) is 14.9 Å². The number of benzene rings is 1. The second-order valence-corrected chi connectivity index (χ2v) is 6.65. The minimum atomic E-state index is -0.301. The SMILES string of the molecule is COc1ccc(NC(=O)c2nc(C(=O)NC(C)C)n3c2CCCC3)cc1. The van der Waals surface area contributed by atoms with E-state index >= 15 is 0 Å². The van der Waals surface area contributed by atoms with Gasteiger partial charge in [-0.3, -0.25) is 9.59 Å². The van der Waals surface area contributed by atoms with Crippen LogP contribution >= 0.6 is 0 Å². The zero-order chi connectivity index (χ0) is 18.7. The fourth-order valence-corrected chi connectivity index (χ4v) is 3.09. The Balaban J connectivity index is 1.87. The van der Waals surface area contributed by atoms with E-state index in [1.807, 2.05) is 18.4 Å². The van der Waals surface area contributed by atoms with Gasteiger partial charge in [0.2, 0.25) is 0 Å². The Morgan fingerprint density at radius 3 is 2.54 bits per heavy atom. The van der Waals surface area contributed by atoms with Gasteiger partial charge in [-0.25, -0.2) is 4.98 Å². The number of imidazole rings is 1. The van der Waals surface area contributed by atoms with Gasteiger partial charge in [0.25, 0.3) is 11.8 Å². The first-order valence-corrected chi connectivity index (χ1v) is 8.85. The first kappa shape index (κ1) is 18.0. The number of nitrogens with one attached hydrogen (secondary N) is 2. The van der Waals surface area contributed by atoms with Crippen LogP contribution in [0.2, 0.25) is 0 Å². The lowest BCUT2D eigenvalue weighted by Crippen LogP contribution is -2.33. The Bertz CT molecular complexity index is 809. The summed E-state index contributed by atoms with van der Waals surface area (Å²) in [6, 6.07) is 7.10. The van der Waals surface area contributed by atoms with Crippen LogP contribution < -0.4 is 15.4 Å². The molecule has 0 bridgehead atoms. The fourth-order valence-electron chi connectivity index (χ4n) is 3.09. The molecule has 2 aromatic rings. The molecule has 0 atom stereocenters. The molecule has 138 valence electrons. The maximum absolute atomic E-state index is 12.7. The van der Waals surface area contributed by atoms with Crippen molar-refractivity contribution >= 4 is 17.5 Å². The lowest BCUT2D eigenvalue weighted by molar-refractivity contribution is 0.0927. The molecule has 1 aliphatic heterocycles. The van der Waals surface area contributed by atoms with Crippen molar-refractivity contribution in [3.8, 4) is 5.75 Å². The van der Waals surface area contributed by atoms with Gasteiger partial charge in [0, 0.05) is 18.3 Å². The van der Waals surface area contributed by atoms with E-state index in [2.05, 4.69) is 15.6 Å². The molecule has 0 saturated heterocycles. The molecular formula is C19H24N4O3. The zero-order valence-corrected chi connectivity index (χ0v) is 15.3. The average molecular weight is 356 g/mol. The van der Waals surface area contributed by atoms with E-state index in [4.69, 9.17) is 4.74 Å². The molecular weight excluding hydrogens is 332 g/mol. The number of fused-ring (bicyclic) bond motifs is 1. The molecule has 0 unspecified atom stereocenters. The number of carbonyl (C=O) groups is 2. The van der Waals surface area contributed by atoms with Crippen LogP contribution in [0.3, 0.4) is 0 Å². The van der Waals surface area contributed by atoms with E-state index in [0.717, 1.165) is 30.7 Å². The van der Waals surface area contributed by atoms with Gasteiger partial charge in [-0.05, 0) is 57.4 Å². The predicted molar refractivity (Wildman–Crippen MR) is 98.7 cm³/mol. The summed E-state index contributed by atoms with van der Waals surface area (Å²) in [4.78, 5) is 29.6. The molecule has 26 heavy (non-hydrogen) atoms. The highest BCUT2D eigenvalue weighted by molar-refractivity contribution is 6.05. The first-order chi connectivity index (χ1) is 12.5. The van der Waals surface area contributed by atoms with Gasteiger partial charge in [0.15, 0.2) is 11.5 Å². The Labute approximate surface area is 152 Å². The van der Waals surface area contributed by atoms with Crippen molar-refractivity contribution in [2.45, 2.75) is 45.7 Å². The number of nitrogens with zero attached hydrogens (tertiary/aromatic N) is 2. The molecule has 0 fully saturated rings. The third kappa shape index (κ3) is 3.71. The summed E-state index contributed by atoms with van der Waals surface area (Å²) in [5.74, 6) is 0.486. The quantitative estimate of drug-likeness (QED) is 0.862. The highest BCUT2D eigenvalue weighted by atomic mass is 16.5. The van der Waals surface area contributed by atoms with E-state index in [1.165, 1.54) is 0 Å². The second kappa shape index (κ2) is 7.59. The molecule has 2 N–H and O–H groups in total. The van der Waals surface area contributed by atoms with Crippen LogP contribution in [0, 0.1) is 0 Å². The first-order valence-electron chi connectivity index (χ1n) is 8.85. The Morgan fingerprint density at radius 1 is 1.15 bits per heavy atom. The minimum Gasteiger partial charge on any atom is -0.497 e. The van der Waals surface area contributed by atoms with Crippen LogP contribution in [0.1, 0.15) is 53.5 Å². The maximum atomic E-state index is 12.7. The number of methoxy groups -OCH3 is 1. The van der Waals surface area contributed by atoms with E-state index in [-0.39, 0.29) is 17.9 Å². The molecule has 0 radical (unpaired) electrons. The number of hydrogen-bond acceptors (Lipinski definition) is 4. The summed E-state index contributed by atoms with van der Waals surface area (Å²) < 4.78 is 7.00. The number of amides is 2. The van der Waals surface area contributed by atoms with Crippen LogP contribution in [0.4, 0.5) is 5.69 Å². The number of aromatic nitrogens is 2. The molecule has 1 aromatic carbocycles. The summed E-state index contributed by atoms with van der Waals surface area (Å²) in [6.45, 7) is 4.50. The van der Waals surface area contributed by atoms with Gasteiger partial charge in [-0.15, -0.1) is 0 Å². The number of anilines is 1. The third-order valence-corrected chi connectivity index (χ3v) is 4.30. The molecule has 2 amide bonds. The van der Waals surface area contributed by atoms with Crippen molar-refractivity contribution in [3.05, 3.63) is 41.5 Å². The van der Waals surface area contributed by atoms with E-state index in [9.17, 15) is 9.59 Å². The van der Waals surface area contributed by atoms with Crippen molar-refractivity contribution < 1.29 is 14.3 Å². The van der Waals surface area contributed by atoms with Crippen LogP contribution in [-0.2, 0) is 13.0 Å². The molecule has 0 spiro atoms. The van der Waals surface area contributed by atoms with Gasteiger partial charge >= 0.3 is 0 Å². The number of hydrogen-bond donors (Lipinski definition) is 2. The van der Waals surface area contributed by atoms with E-state index < -0.39 is 0 Å². The van der Waals surface area contributed by atoms with Crippen molar-refractivity contribution in [2.24, 2.45) is 0 Å². The van der Waals surface area contributed by atoms with Gasteiger partial charge < -0.3 is 19.9 Å². The molecule has 2 heterocycles. The highest BCUT2D eigenvalue weighted by Crippen LogP contribution is 2.23. The van der Waals surface area contributed by atoms with Crippen LogP contribution in [0.5, 0.6) is 5.75 Å². The average Bonchev–Trinajstić information content (AvgIpc) is 3.02. The molecule has 1 aromatic heterocycles. The Kier molecular flexibility index (Phi) is 5.25. The normalized spacial score (nSPS) is 13.2. The molecule has 3 rings (SSSR count). The highest BCUT2D eigenvalue weighted by Gasteiger charge is 2.27. The molecule has 0 aliphatic carbocycles. The lowest BCUT2D eigenvalue weighted by atomic mass is 10.1. The molecule has 7 nitrogen and oxygen atoms in total. The summed E-state index contributed by atoms with van der Waals surface area (Å²) in [6.07, 6.45) is 2.71. The van der Waals surface area contributed by atoms with Crippen molar-refractivity contribution in [3.63, 3.8) is 0 Å². The Hall–Kier alpha value is -2.83. The maximum Gasteiger partial charge on any atom is 0.287 e. The molecule has 7 heteroatoms. The van der Waals surface area contributed by atoms with Gasteiger partial charge in [-0.1, -0.05) is 0 Å². The van der Waals surface area contributed by atoms with Crippen LogP contribution in [0.15, 0.2) is 24.3 Å². The standard InChI is InChI=1S/C19H24N4O3/c1-12(2)20-19(25)17-22-16(15-6-4-5-11-23(15)17)18(24)21-13-7-9-14(26-3)10-8-13/h7-10,12H,4-6,11H2,1-3H3,(H,20,25)(H,21,24). The minimum absolute atomic E-state index is 0.00983. The van der Waals surface area contributed by atoms with Crippen LogP contribution in [-0.4, -0.2) is 34.5 Å². The van der Waals surface area contributed by atoms with Crippen molar-refractivity contribution in [2.75, 3.05) is 12.4 Å². The largest absolute Gasteiger partial charge is 0.497 e. The number of ether oxygens (including phenoxy) is 1. The van der Waals surface area contributed by atoms with E-state index in [0.29, 0.717) is 23.8 Å². The number of rotatable bonds is 5. The lowest BCUT2D eigenvalue weighted by Gasteiger charge is -2.17. The van der Waals surface area contributed by atoms with Gasteiger partial charge in [0.05, 0.1) is 12.8 Å². The third-order valence-electron chi connectivity index (χ3n) is 4.30. The van der Waals surface area contributed by atoms with Crippen LogP contribution in [0.25, 0.3) is 0 Å². The summed E-state index contributed by atoms with van der Waals surface area (Å²) in [5.41, 5.74) is 1.81. The summed E-state index contributed by atoms with van der Waals surface area (Å²) in [7, 11) is 1.59. The number of carbonyl (C=O) groups excluding carboxylic acids is 2. The molecule has 0 saturated carbocycles. The van der Waals surface area contributed by atoms with E-state index in [1.54, 1.807) is 31.4 Å². The van der Waals surface area contributed by atoms with Crippen molar-refractivity contribution in [1.29, 1.82) is 0 Å². The summed E-state index contributed by atoms with van der Waals surface area (Å²) >= 11 is 0. The zero-order valence-electron chi connectivity index (χ0n) is 15.3. The fraction of sp³-hybridized carbons (Fsp3) is 0.421. The summed E-state index contributed by atoms with van der Waals surface area (Å²) in [5, 5.41) is 5.71. The second-order valence-electron chi connectivity index (χ2n) is 6.65.